The van der Waals surface area contributed by atoms with Gasteiger partial charge in [0, 0.05) is 12.8 Å². The number of nitrogen functional groups attached to an aromatic ring is 2. The van der Waals surface area contributed by atoms with Crippen LogP contribution in [0, 0.1) is 11.2 Å². The Labute approximate surface area is 247 Å². The molecule has 2 saturated heterocycles. The number of rotatable bonds is 9. The molecule has 11 N–H and O–H groups in total. The van der Waals surface area contributed by atoms with Crippen molar-refractivity contribution in [1.29, 1.82) is 5.26 Å². The number of phosphoric ester groups is 1. The number of ether oxygens (including phenoxy) is 2. The van der Waals surface area contributed by atoms with Crippen molar-refractivity contribution < 1.29 is 42.7 Å². The molecule has 6 rings (SSSR count). The van der Waals surface area contributed by atoms with Crippen LogP contribution in [0.3, 0.4) is 0 Å². The Hall–Kier alpha value is -4.04. The predicted molar refractivity (Wildman–Crippen MR) is 150 cm³/mol. The van der Waals surface area contributed by atoms with E-state index in [9.17, 15) is 29.7 Å². The second-order valence-electron chi connectivity index (χ2n) is 10.2. The second-order valence-corrected chi connectivity index (χ2v) is 11.6. The lowest BCUT2D eigenvalue weighted by Gasteiger charge is -2.21. The summed E-state index contributed by atoms with van der Waals surface area (Å²) in [5, 5.41) is 29.7. The Bertz CT molecular complexity index is 1830. The maximum atomic E-state index is 12.9. The molecule has 0 radical (unpaired) electrons. The highest BCUT2D eigenvalue weighted by Crippen LogP contribution is 2.49. The number of nitriles is 1. The van der Waals surface area contributed by atoms with E-state index in [1.165, 1.54) is 28.0 Å². The number of aliphatic hydroxyl groups excluding tert-OH is 2. The highest BCUT2D eigenvalue weighted by Gasteiger charge is 2.44. The van der Waals surface area contributed by atoms with Gasteiger partial charge in [-0.05, 0) is 0 Å². The van der Waals surface area contributed by atoms with E-state index in [-0.39, 0.29) is 41.9 Å². The normalized spacial score (nSPS) is 26.5. The third-order valence-corrected chi connectivity index (χ3v) is 8.39. The number of hydrogen-bond acceptors (Lipinski definition) is 16. The standard InChI is InChI=1S/C21H27BN11O9P.H3N/c23-5-22-33-8-32(19-16(33)20(36)30-21(25)29-19)13-1-9(35)12(41-13)4-39-43(37,38)42-10-2-14(40-11(10)3-34)31-7-28-15-17(24)26-6-27-18(15)31;/h6-14,34-35H,1-4,22H2,(H,37,38)(H2,24,26,27)(H3,25,29,30,36);1H3. The summed E-state index contributed by atoms with van der Waals surface area (Å²) >= 11 is 0. The van der Waals surface area contributed by atoms with Crippen molar-refractivity contribution in [1.82, 2.24) is 40.2 Å². The van der Waals surface area contributed by atoms with Crippen molar-refractivity contribution >= 4 is 49.3 Å². The van der Waals surface area contributed by atoms with Crippen LogP contribution in [-0.2, 0) is 23.1 Å². The summed E-state index contributed by atoms with van der Waals surface area (Å²) in [6, 6.07) is 0. The van der Waals surface area contributed by atoms with E-state index in [0.29, 0.717) is 11.2 Å². The van der Waals surface area contributed by atoms with Crippen LogP contribution in [0.4, 0.5) is 11.8 Å². The summed E-state index contributed by atoms with van der Waals surface area (Å²) < 4.78 is 39.7. The first-order valence-electron chi connectivity index (χ1n) is 13.2. The Kier molecular flexibility index (Phi) is 8.67. The van der Waals surface area contributed by atoms with E-state index >= 15 is 0 Å². The molecule has 7 unspecified atom stereocenters. The fraction of sp³-hybridized carbons (Fsp3) is 0.476. The molecule has 0 spiro atoms. The first-order valence-corrected chi connectivity index (χ1v) is 14.7. The zero-order valence-electron chi connectivity index (χ0n) is 23.2. The topological polar surface area (TPSA) is 324 Å². The Morgan fingerprint density at radius 2 is 1.95 bits per heavy atom. The molecule has 4 aromatic rings. The van der Waals surface area contributed by atoms with Crippen LogP contribution in [0.15, 0.2) is 23.8 Å². The summed E-state index contributed by atoms with van der Waals surface area (Å²) in [7, 11) is -6.15. The van der Waals surface area contributed by atoms with Gasteiger partial charge in [0.25, 0.3) is 18.6 Å². The van der Waals surface area contributed by atoms with Crippen molar-refractivity contribution in [3.63, 3.8) is 0 Å². The van der Waals surface area contributed by atoms with Crippen LogP contribution in [0.5, 0.6) is 0 Å². The van der Waals surface area contributed by atoms with Gasteiger partial charge in [-0.25, -0.2) is 24.8 Å². The van der Waals surface area contributed by atoms with Crippen molar-refractivity contribution in [3.05, 3.63) is 29.3 Å². The summed E-state index contributed by atoms with van der Waals surface area (Å²) in [5.74, 6) is 2.10. The number of aromatic nitrogens is 8. The van der Waals surface area contributed by atoms with Gasteiger partial charge >= 0.3 is 7.82 Å². The molecular formula is C21H30BN12O9P. The van der Waals surface area contributed by atoms with Crippen LogP contribution >= 0.6 is 7.82 Å². The van der Waals surface area contributed by atoms with Crippen molar-refractivity contribution in [2.75, 3.05) is 24.7 Å². The molecule has 7 atom stereocenters. The summed E-state index contributed by atoms with van der Waals surface area (Å²) in [6.45, 7) is -1.05. The lowest BCUT2D eigenvalue weighted by molar-refractivity contribution is -0.499. The average Bonchev–Trinajstić information content (AvgIpc) is 3.72. The molecule has 44 heavy (non-hydrogen) atoms. The van der Waals surface area contributed by atoms with Crippen molar-refractivity contribution in [3.8, 4) is 5.97 Å². The zero-order chi connectivity index (χ0) is 30.5. The first kappa shape index (κ1) is 31.4. The van der Waals surface area contributed by atoms with Gasteiger partial charge in [0.05, 0.1) is 25.6 Å². The van der Waals surface area contributed by atoms with Crippen LogP contribution in [-0.4, -0.2) is 94.2 Å². The van der Waals surface area contributed by atoms with Gasteiger partial charge in [0.1, 0.15) is 36.4 Å². The molecule has 0 saturated carbocycles. The summed E-state index contributed by atoms with van der Waals surface area (Å²) in [4.78, 5) is 41.8. The predicted octanol–water partition coefficient (Wildman–Crippen LogP) is -2.98. The van der Waals surface area contributed by atoms with E-state index < -0.39 is 70.9 Å². The number of aliphatic hydroxyl groups is 2. The van der Waals surface area contributed by atoms with E-state index in [1.54, 1.807) is 4.57 Å². The van der Waals surface area contributed by atoms with Crippen LogP contribution in [0.1, 0.15) is 25.3 Å². The minimum absolute atomic E-state index is 0. The van der Waals surface area contributed by atoms with Gasteiger partial charge in [-0.2, -0.15) is 9.55 Å². The minimum atomic E-state index is -4.75. The molecule has 21 nitrogen and oxygen atoms in total. The molecule has 0 amide bonds. The van der Waals surface area contributed by atoms with Crippen LogP contribution in [0.25, 0.3) is 22.3 Å². The van der Waals surface area contributed by atoms with Gasteiger partial charge in [-0.15, -0.1) is 5.97 Å². The average molecular weight is 636 g/mol. The molecule has 2 aliphatic heterocycles. The number of nitrogens with zero attached hydrogens (tertiary/aromatic N) is 8. The van der Waals surface area contributed by atoms with Gasteiger partial charge in [-0.3, -0.25) is 23.4 Å². The van der Waals surface area contributed by atoms with Crippen LogP contribution in [0.2, 0.25) is 0 Å². The third kappa shape index (κ3) is 5.75. The SMILES string of the molecule is N.N#C[BH2-][n+]1cn(C2CC(O)C(COP(=O)(O)OC3CC(n4cnc5c(N)ncnc54)OC3CO)O2)c2nc(N)[nH]c(=O)c21. The number of imidazole rings is 2. The van der Waals surface area contributed by atoms with E-state index in [1.807, 2.05) is 0 Å². The highest BCUT2D eigenvalue weighted by molar-refractivity contribution is 7.47. The maximum absolute atomic E-state index is 12.9. The molecular weight excluding hydrogens is 606 g/mol. The lowest BCUT2D eigenvalue weighted by Crippen LogP contribution is -2.41. The highest BCUT2D eigenvalue weighted by atomic mass is 31.2. The lowest BCUT2D eigenvalue weighted by atomic mass is 9.98. The number of hydrogen-bond donors (Lipinski definition) is 7. The molecule has 4 aromatic heterocycles. The third-order valence-electron chi connectivity index (χ3n) is 7.37. The number of nitrogens with two attached hydrogens (primary N) is 2. The minimum Gasteiger partial charge on any atom is -0.414 e. The molecule has 23 heteroatoms. The van der Waals surface area contributed by atoms with Crippen LogP contribution < -0.4 is 27.7 Å². The number of nitrogens with one attached hydrogen (secondary N) is 1. The Balaban J connectivity index is 0.00000384. The quantitative estimate of drug-likeness (QED) is 0.0712. The maximum Gasteiger partial charge on any atom is 0.472 e. The Morgan fingerprint density at radius 1 is 1.20 bits per heavy atom. The number of H-pyrrole nitrogens is 1. The fourth-order valence-electron chi connectivity index (χ4n) is 5.39. The molecule has 6 heterocycles. The largest absolute Gasteiger partial charge is 0.472 e. The molecule has 236 valence electrons. The summed E-state index contributed by atoms with van der Waals surface area (Å²) in [6.07, 6.45) is -1.57. The number of aromatic amines is 1. The number of fused-ring (bicyclic) bond motifs is 2. The van der Waals surface area contributed by atoms with Crippen molar-refractivity contribution in [2.45, 2.75) is 49.7 Å². The fourth-order valence-corrected chi connectivity index (χ4v) is 6.35. The molecule has 2 fully saturated rings. The van der Waals surface area contributed by atoms with Gasteiger partial charge in [0.2, 0.25) is 24.0 Å². The van der Waals surface area contributed by atoms with E-state index in [0.717, 1.165) is 0 Å². The number of anilines is 2. The van der Waals surface area contributed by atoms with Gasteiger partial charge in [-0.1, -0.05) is 0 Å². The smallest absolute Gasteiger partial charge is 0.414 e. The van der Waals surface area contributed by atoms with Gasteiger partial charge < -0.3 is 46.7 Å². The molecule has 2 aliphatic rings. The molecule has 0 aliphatic carbocycles. The monoisotopic (exact) mass is 636 g/mol. The second kappa shape index (κ2) is 12.2. The van der Waals surface area contributed by atoms with Gasteiger partial charge in [0.15, 0.2) is 11.5 Å². The zero-order valence-corrected chi connectivity index (χ0v) is 24.1. The summed E-state index contributed by atoms with van der Waals surface area (Å²) in [5.41, 5.74) is 12.0. The first-order chi connectivity index (χ1) is 20.6. The van der Waals surface area contributed by atoms with Crippen molar-refractivity contribution in [2.24, 2.45) is 0 Å². The van der Waals surface area contributed by atoms with E-state index in [4.69, 9.17) is 30.0 Å². The molecule has 0 aromatic carbocycles. The molecule has 0 bridgehead atoms. The van der Waals surface area contributed by atoms with E-state index in [2.05, 4.69) is 30.9 Å². The number of phosphoric acid groups is 1. The Morgan fingerprint density at radius 3 is 2.70 bits per heavy atom.